The summed E-state index contributed by atoms with van der Waals surface area (Å²) in [5.74, 6) is 1.39. The van der Waals surface area contributed by atoms with Crippen molar-refractivity contribution in [2.24, 2.45) is 0 Å². The van der Waals surface area contributed by atoms with Crippen molar-refractivity contribution in [2.75, 3.05) is 7.11 Å². The van der Waals surface area contributed by atoms with E-state index < -0.39 is 5.60 Å². The first-order chi connectivity index (χ1) is 17.5. The smallest absolute Gasteiger partial charge is 0.264 e. The molecule has 3 heterocycles. The molecule has 0 radical (unpaired) electrons. The van der Waals surface area contributed by atoms with Gasteiger partial charge in [-0.2, -0.15) is 4.98 Å². The molecule has 1 N–H and O–H groups in total. The molecule has 0 saturated heterocycles. The number of rotatable bonds is 7. The van der Waals surface area contributed by atoms with Crippen LogP contribution >= 0.6 is 11.6 Å². The number of methoxy groups -OCH3 is 1. The number of hydrogen-bond donors (Lipinski definition) is 1. The number of nitrogens with zero attached hydrogens (tertiary/aromatic N) is 5. The predicted octanol–water partition coefficient (Wildman–Crippen LogP) is 4.48. The van der Waals surface area contributed by atoms with Crippen molar-refractivity contribution in [3.8, 4) is 28.7 Å². The van der Waals surface area contributed by atoms with Crippen molar-refractivity contribution in [1.29, 1.82) is 0 Å². The van der Waals surface area contributed by atoms with Gasteiger partial charge < -0.3 is 14.6 Å². The molecule has 192 valence electrons. The number of ether oxygens (including phenoxy) is 2. The molecule has 0 fully saturated rings. The average Bonchev–Trinajstić information content (AvgIpc) is 2.86. The summed E-state index contributed by atoms with van der Waals surface area (Å²) in [6.45, 7) is 8.62. The largest absolute Gasteiger partial charge is 0.481 e. The van der Waals surface area contributed by atoms with Gasteiger partial charge in [0.2, 0.25) is 11.8 Å². The fourth-order valence-electron chi connectivity index (χ4n) is 3.77. The molecule has 37 heavy (non-hydrogen) atoms. The molecule has 0 aliphatic heterocycles. The zero-order valence-corrected chi connectivity index (χ0v) is 22.3. The Kier molecular flexibility index (Phi) is 7.29. The second kappa shape index (κ2) is 10.3. The van der Waals surface area contributed by atoms with E-state index >= 15 is 0 Å². The number of aryl methyl sites for hydroxylation is 2. The highest BCUT2D eigenvalue weighted by Crippen LogP contribution is 2.30. The molecule has 1 aromatic carbocycles. The SMILES string of the molecule is COc1cccc(COc2nc(C)n(-c3cc(-c4nc(C(C)(C)O)ncc4C)ccc3Cl)c(=O)c2C)n1. The van der Waals surface area contributed by atoms with Gasteiger partial charge in [0.15, 0.2) is 5.82 Å². The van der Waals surface area contributed by atoms with Crippen LogP contribution in [0.25, 0.3) is 16.9 Å². The van der Waals surface area contributed by atoms with Crippen molar-refractivity contribution in [3.63, 3.8) is 0 Å². The van der Waals surface area contributed by atoms with Gasteiger partial charge in [-0.25, -0.2) is 15.0 Å². The number of halogens is 1. The van der Waals surface area contributed by atoms with E-state index in [1.54, 1.807) is 65.3 Å². The molecule has 9 nitrogen and oxygen atoms in total. The van der Waals surface area contributed by atoms with Crippen LogP contribution < -0.4 is 15.0 Å². The molecule has 0 spiro atoms. The number of aromatic nitrogens is 5. The molecule has 10 heteroatoms. The van der Waals surface area contributed by atoms with E-state index in [2.05, 4.69) is 19.9 Å². The second-order valence-electron chi connectivity index (χ2n) is 9.14. The lowest BCUT2D eigenvalue weighted by Gasteiger charge is -2.18. The monoisotopic (exact) mass is 521 g/mol. The first-order valence-corrected chi connectivity index (χ1v) is 12.0. The van der Waals surface area contributed by atoms with Crippen LogP contribution in [0.15, 0.2) is 47.4 Å². The molecule has 0 aliphatic carbocycles. The van der Waals surface area contributed by atoms with E-state index in [9.17, 15) is 9.90 Å². The highest BCUT2D eigenvalue weighted by molar-refractivity contribution is 6.32. The van der Waals surface area contributed by atoms with Crippen molar-refractivity contribution < 1.29 is 14.6 Å². The maximum absolute atomic E-state index is 13.5. The molecular weight excluding hydrogens is 494 g/mol. The fourth-order valence-corrected chi connectivity index (χ4v) is 3.97. The summed E-state index contributed by atoms with van der Waals surface area (Å²) in [5, 5.41) is 10.8. The van der Waals surface area contributed by atoms with Crippen LogP contribution in [-0.2, 0) is 12.2 Å². The van der Waals surface area contributed by atoms with Crippen LogP contribution in [0.2, 0.25) is 5.02 Å². The van der Waals surface area contributed by atoms with Crippen LogP contribution in [-0.4, -0.2) is 36.7 Å². The second-order valence-corrected chi connectivity index (χ2v) is 9.55. The quantitative estimate of drug-likeness (QED) is 0.379. The maximum atomic E-state index is 13.5. The van der Waals surface area contributed by atoms with E-state index in [-0.39, 0.29) is 18.0 Å². The Morgan fingerprint density at radius 1 is 1.08 bits per heavy atom. The fraction of sp³-hybridized carbons (Fsp3) is 0.296. The van der Waals surface area contributed by atoms with E-state index in [4.69, 9.17) is 21.1 Å². The lowest BCUT2D eigenvalue weighted by molar-refractivity contribution is 0.0688. The highest BCUT2D eigenvalue weighted by atomic mass is 35.5. The Morgan fingerprint density at radius 2 is 1.84 bits per heavy atom. The zero-order chi connectivity index (χ0) is 26.9. The summed E-state index contributed by atoms with van der Waals surface area (Å²) in [5.41, 5.74) is 2.08. The van der Waals surface area contributed by atoms with Gasteiger partial charge in [0.1, 0.15) is 18.0 Å². The minimum Gasteiger partial charge on any atom is -0.481 e. The summed E-state index contributed by atoms with van der Waals surface area (Å²) < 4.78 is 12.4. The third-order valence-electron chi connectivity index (χ3n) is 5.76. The van der Waals surface area contributed by atoms with Gasteiger partial charge in [0.25, 0.3) is 5.56 Å². The summed E-state index contributed by atoms with van der Waals surface area (Å²) in [7, 11) is 1.54. The Hall–Kier alpha value is -3.82. The van der Waals surface area contributed by atoms with Gasteiger partial charge in [0.05, 0.1) is 34.8 Å². The first-order valence-electron chi connectivity index (χ1n) is 11.6. The first kappa shape index (κ1) is 26.2. The topological polar surface area (TPSA) is 112 Å². The Balaban J connectivity index is 1.73. The Bertz CT molecular complexity index is 1530. The molecule has 0 saturated carbocycles. The molecule has 4 aromatic rings. The lowest BCUT2D eigenvalue weighted by atomic mass is 10.0. The van der Waals surface area contributed by atoms with E-state index in [0.29, 0.717) is 45.2 Å². The van der Waals surface area contributed by atoms with Crippen LogP contribution in [0, 0.1) is 20.8 Å². The van der Waals surface area contributed by atoms with Crippen LogP contribution in [0.1, 0.15) is 42.3 Å². The van der Waals surface area contributed by atoms with Crippen LogP contribution in [0.3, 0.4) is 0 Å². The van der Waals surface area contributed by atoms with Gasteiger partial charge in [-0.05, 0) is 58.4 Å². The summed E-state index contributed by atoms with van der Waals surface area (Å²) in [6.07, 6.45) is 1.66. The molecule has 4 rings (SSSR count). The number of aliphatic hydroxyl groups is 1. The van der Waals surface area contributed by atoms with E-state index in [1.165, 1.54) is 4.57 Å². The normalized spacial score (nSPS) is 11.5. The molecule has 0 amide bonds. The average molecular weight is 522 g/mol. The molecule has 0 aliphatic rings. The van der Waals surface area contributed by atoms with Crippen molar-refractivity contribution in [3.05, 3.63) is 86.4 Å². The highest BCUT2D eigenvalue weighted by Gasteiger charge is 2.22. The summed E-state index contributed by atoms with van der Waals surface area (Å²) in [4.78, 5) is 31.2. The summed E-state index contributed by atoms with van der Waals surface area (Å²) >= 11 is 6.56. The third-order valence-corrected chi connectivity index (χ3v) is 6.08. The Morgan fingerprint density at radius 3 is 2.54 bits per heavy atom. The van der Waals surface area contributed by atoms with Crippen molar-refractivity contribution >= 4 is 11.6 Å². The van der Waals surface area contributed by atoms with Gasteiger partial charge in [-0.15, -0.1) is 0 Å². The minimum absolute atomic E-state index is 0.126. The van der Waals surface area contributed by atoms with Crippen LogP contribution in [0.5, 0.6) is 11.8 Å². The molecule has 0 bridgehead atoms. The number of benzene rings is 1. The third kappa shape index (κ3) is 5.47. The number of pyridine rings is 1. The van der Waals surface area contributed by atoms with Gasteiger partial charge in [0, 0.05) is 17.8 Å². The molecule has 3 aromatic heterocycles. The van der Waals surface area contributed by atoms with E-state index in [1.807, 2.05) is 19.1 Å². The van der Waals surface area contributed by atoms with Crippen LogP contribution in [0.4, 0.5) is 0 Å². The van der Waals surface area contributed by atoms with Gasteiger partial charge >= 0.3 is 0 Å². The predicted molar refractivity (Wildman–Crippen MR) is 140 cm³/mol. The molecule has 0 atom stereocenters. The van der Waals surface area contributed by atoms with Gasteiger partial charge in [-0.1, -0.05) is 23.7 Å². The lowest BCUT2D eigenvalue weighted by Crippen LogP contribution is -2.25. The standard InChI is InChI=1S/C27H28ClN5O4/c1-15-13-29-26(27(4,5)35)32-23(15)18-10-11-20(28)21(12-18)33-17(3)30-24(16(2)25(33)34)37-14-19-8-7-9-22(31-19)36-6/h7-13,35H,14H2,1-6H3. The summed E-state index contributed by atoms with van der Waals surface area (Å²) in [6, 6.07) is 10.7. The van der Waals surface area contributed by atoms with Gasteiger partial charge in [-0.3, -0.25) is 9.36 Å². The van der Waals surface area contributed by atoms with Crippen molar-refractivity contribution in [2.45, 2.75) is 46.8 Å². The zero-order valence-electron chi connectivity index (χ0n) is 21.5. The molecular formula is C27H28ClN5O4. The van der Waals surface area contributed by atoms with E-state index in [0.717, 1.165) is 11.1 Å². The molecule has 0 unspecified atom stereocenters. The van der Waals surface area contributed by atoms with Crippen molar-refractivity contribution in [1.82, 2.24) is 24.5 Å². The Labute approximate surface area is 219 Å². The number of hydrogen-bond acceptors (Lipinski definition) is 8. The maximum Gasteiger partial charge on any atom is 0.264 e. The minimum atomic E-state index is -1.21.